The summed E-state index contributed by atoms with van der Waals surface area (Å²) >= 11 is 6.42. The number of rotatable bonds is 7. The summed E-state index contributed by atoms with van der Waals surface area (Å²) in [5.74, 6) is -7.80. The standard InChI is InChI=1S/C44H34ClN5O9/c1-46(2)39-33(49(56)57)20-27(21-34(39)50(58)59)47-40(52)30-17-16-29-31(36(30)42(47)54)22-32-41(53)48(26-13-8-12-25(45)19-26)43(55)44(32,24-10-4-3-5-11-24)38(29)37-28-14-7-6-9-23(28)15-18-35(37)51/h3-16,18-21,30-32,36,38,51H,17,22H2,1-2H3/t30-,31+,32-,36-,38+,44+/m0/s1. The molecule has 9 rings (SSSR count). The Kier molecular flexibility index (Phi) is 8.67. The topological polar surface area (TPSA) is 185 Å². The van der Waals surface area contributed by atoms with Gasteiger partial charge in [-0.3, -0.25) is 39.4 Å². The molecule has 2 aliphatic heterocycles. The fourth-order valence-corrected chi connectivity index (χ4v) is 10.5. The Morgan fingerprint density at radius 1 is 0.763 bits per heavy atom. The van der Waals surface area contributed by atoms with Gasteiger partial charge in [0, 0.05) is 42.7 Å². The number of carbonyl (C=O) groups excluding carboxylic acids is 4. The van der Waals surface area contributed by atoms with Gasteiger partial charge in [-0.15, -0.1) is 0 Å². The van der Waals surface area contributed by atoms with Crippen molar-refractivity contribution < 1.29 is 34.1 Å². The van der Waals surface area contributed by atoms with E-state index in [1.165, 1.54) is 25.1 Å². The third kappa shape index (κ3) is 5.32. The van der Waals surface area contributed by atoms with Crippen molar-refractivity contribution in [1.82, 2.24) is 0 Å². The second-order valence-corrected chi connectivity index (χ2v) is 16.0. The number of benzene rings is 5. The molecule has 0 spiro atoms. The maximum Gasteiger partial charge on any atom is 0.301 e. The van der Waals surface area contributed by atoms with E-state index in [1.54, 1.807) is 66.7 Å². The third-order valence-corrected chi connectivity index (χ3v) is 12.8. The minimum Gasteiger partial charge on any atom is -0.508 e. The Labute approximate surface area is 341 Å². The first-order chi connectivity index (χ1) is 28.3. The van der Waals surface area contributed by atoms with E-state index in [4.69, 9.17) is 11.6 Å². The number of nitro benzene ring substituents is 2. The van der Waals surface area contributed by atoms with Gasteiger partial charge < -0.3 is 10.0 Å². The Morgan fingerprint density at radius 2 is 1.44 bits per heavy atom. The van der Waals surface area contributed by atoms with E-state index in [0.29, 0.717) is 27.1 Å². The Hall–Kier alpha value is -6.93. The van der Waals surface area contributed by atoms with Crippen molar-refractivity contribution in [2.24, 2.45) is 23.7 Å². The second kappa shape index (κ2) is 13.6. The quantitative estimate of drug-likeness (QED) is 0.0750. The summed E-state index contributed by atoms with van der Waals surface area (Å²) in [6, 6.07) is 27.9. The lowest BCUT2D eigenvalue weighted by Gasteiger charge is -2.51. The Morgan fingerprint density at radius 3 is 2.10 bits per heavy atom. The van der Waals surface area contributed by atoms with E-state index < -0.39 is 79.9 Å². The maximum atomic E-state index is 15.6. The van der Waals surface area contributed by atoms with Gasteiger partial charge in [0.1, 0.15) is 5.75 Å². The van der Waals surface area contributed by atoms with Crippen LogP contribution in [0.25, 0.3) is 10.8 Å². The lowest BCUT2D eigenvalue weighted by Crippen LogP contribution is -2.53. The molecule has 2 heterocycles. The number of amides is 4. The SMILES string of the molecule is CN(C)c1c([N+](=O)[O-])cc(N2C(=O)[C@H]3[C@H](CC=C4[C@H]3C[C@H]3C(=O)N(c5cccc(Cl)c5)C(=O)[C@@]3(c3ccccc3)[C@H]4c3c(O)ccc4ccccc34)C2=O)cc1[N+](=O)[O-]. The molecule has 0 radical (unpaired) electrons. The van der Waals surface area contributed by atoms with Crippen LogP contribution < -0.4 is 14.7 Å². The minimum absolute atomic E-state index is 0.00918. The normalized spacial score (nSPS) is 24.8. The number of nitrogens with zero attached hydrogens (tertiary/aromatic N) is 5. The highest BCUT2D eigenvalue weighted by molar-refractivity contribution is 6.32. The molecule has 4 aliphatic rings. The lowest BCUT2D eigenvalue weighted by atomic mass is 9.48. The average Bonchev–Trinajstić information content (AvgIpc) is 3.61. The fourth-order valence-electron chi connectivity index (χ4n) is 10.4. The molecule has 5 aromatic rings. The van der Waals surface area contributed by atoms with Crippen LogP contribution >= 0.6 is 11.6 Å². The Bertz CT molecular complexity index is 2700. The van der Waals surface area contributed by atoms with Crippen LogP contribution in [-0.4, -0.2) is 52.7 Å². The zero-order chi connectivity index (χ0) is 41.7. The molecule has 6 atom stereocenters. The predicted molar refractivity (Wildman–Crippen MR) is 218 cm³/mol. The van der Waals surface area contributed by atoms with Crippen molar-refractivity contribution in [1.29, 1.82) is 0 Å². The van der Waals surface area contributed by atoms with Gasteiger partial charge in [-0.05, 0) is 59.4 Å². The molecule has 0 unspecified atom stereocenters. The minimum atomic E-state index is -1.66. The van der Waals surface area contributed by atoms with Crippen LogP contribution in [-0.2, 0) is 24.6 Å². The van der Waals surface area contributed by atoms with Crippen LogP contribution in [0.5, 0.6) is 5.75 Å². The molecule has 0 aromatic heterocycles. The molecule has 59 heavy (non-hydrogen) atoms. The second-order valence-electron chi connectivity index (χ2n) is 15.6. The van der Waals surface area contributed by atoms with E-state index in [9.17, 15) is 34.9 Å². The largest absolute Gasteiger partial charge is 0.508 e. The van der Waals surface area contributed by atoms with Crippen molar-refractivity contribution in [3.63, 3.8) is 0 Å². The number of aromatic hydroxyl groups is 1. The number of anilines is 3. The summed E-state index contributed by atoms with van der Waals surface area (Å²) in [5.41, 5.74) is -1.90. The summed E-state index contributed by atoms with van der Waals surface area (Å²) < 4.78 is 0. The van der Waals surface area contributed by atoms with Gasteiger partial charge in [-0.25, -0.2) is 9.80 Å². The van der Waals surface area contributed by atoms with Gasteiger partial charge in [-0.2, -0.15) is 0 Å². The monoisotopic (exact) mass is 811 g/mol. The van der Waals surface area contributed by atoms with Crippen LogP contribution in [0.4, 0.5) is 28.4 Å². The van der Waals surface area contributed by atoms with Gasteiger partial charge >= 0.3 is 11.4 Å². The highest BCUT2D eigenvalue weighted by Gasteiger charge is 2.70. The number of nitro groups is 2. The lowest BCUT2D eigenvalue weighted by molar-refractivity contribution is -0.392. The van der Waals surface area contributed by atoms with Crippen LogP contribution in [0.3, 0.4) is 0 Å². The number of halogens is 1. The van der Waals surface area contributed by atoms with Crippen molar-refractivity contribution in [2.75, 3.05) is 28.8 Å². The van der Waals surface area contributed by atoms with Crippen LogP contribution in [0.15, 0.2) is 115 Å². The van der Waals surface area contributed by atoms with E-state index in [0.717, 1.165) is 27.3 Å². The molecule has 14 nitrogen and oxygen atoms in total. The summed E-state index contributed by atoms with van der Waals surface area (Å²) in [6.07, 6.45) is 1.78. The zero-order valence-corrected chi connectivity index (χ0v) is 32.3. The molecule has 2 saturated heterocycles. The summed E-state index contributed by atoms with van der Waals surface area (Å²) in [4.78, 5) is 86.2. The van der Waals surface area contributed by atoms with Crippen LogP contribution in [0.2, 0.25) is 5.02 Å². The number of allylic oxidation sites excluding steroid dienone is 2. The summed E-state index contributed by atoms with van der Waals surface area (Å²) in [6.45, 7) is 0. The number of phenolic OH excluding ortho intramolecular Hbond substituents is 1. The number of fused-ring (bicyclic) bond motifs is 5. The van der Waals surface area contributed by atoms with Gasteiger partial charge in [-0.1, -0.05) is 90.0 Å². The molecule has 5 aromatic carbocycles. The predicted octanol–water partition coefficient (Wildman–Crippen LogP) is 7.45. The summed E-state index contributed by atoms with van der Waals surface area (Å²) in [7, 11) is 2.82. The van der Waals surface area contributed by atoms with Crippen LogP contribution in [0, 0.1) is 43.9 Å². The van der Waals surface area contributed by atoms with Crippen LogP contribution in [0.1, 0.15) is 29.9 Å². The first-order valence-corrected chi connectivity index (χ1v) is 19.3. The van der Waals surface area contributed by atoms with Crippen molar-refractivity contribution in [3.05, 3.63) is 151 Å². The highest BCUT2D eigenvalue weighted by Crippen LogP contribution is 2.66. The zero-order valence-electron chi connectivity index (χ0n) is 31.5. The molecule has 296 valence electrons. The highest BCUT2D eigenvalue weighted by atomic mass is 35.5. The molecule has 1 N–H and O–H groups in total. The molecule has 2 aliphatic carbocycles. The summed E-state index contributed by atoms with van der Waals surface area (Å²) in [5, 5.41) is 38.2. The number of hydrogen-bond donors (Lipinski definition) is 1. The van der Waals surface area contributed by atoms with E-state index in [1.807, 2.05) is 24.3 Å². The fraction of sp³-hybridized carbons (Fsp3) is 0.227. The first-order valence-electron chi connectivity index (χ1n) is 18.9. The molecule has 3 fully saturated rings. The molecular formula is C44H34ClN5O9. The molecule has 4 amide bonds. The molecule has 0 bridgehead atoms. The number of phenols is 1. The molecule has 15 heteroatoms. The average molecular weight is 812 g/mol. The van der Waals surface area contributed by atoms with E-state index in [2.05, 4.69) is 0 Å². The number of hydrogen-bond acceptors (Lipinski definition) is 10. The van der Waals surface area contributed by atoms with Crippen molar-refractivity contribution in [3.8, 4) is 5.75 Å². The van der Waals surface area contributed by atoms with Gasteiger partial charge in [0.25, 0.3) is 0 Å². The van der Waals surface area contributed by atoms with Gasteiger partial charge in [0.2, 0.25) is 23.6 Å². The van der Waals surface area contributed by atoms with Gasteiger partial charge in [0.15, 0.2) is 5.69 Å². The Balaban J connectivity index is 1.28. The molecule has 1 saturated carbocycles. The van der Waals surface area contributed by atoms with E-state index in [-0.39, 0.29) is 35.7 Å². The van der Waals surface area contributed by atoms with Crippen molar-refractivity contribution >= 4 is 74.4 Å². The number of carbonyl (C=O) groups is 4. The van der Waals surface area contributed by atoms with Crippen molar-refractivity contribution in [2.45, 2.75) is 24.2 Å². The third-order valence-electron chi connectivity index (χ3n) is 12.6. The van der Waals surface area contributed by atoms with Gasteiger partial charge in [0.05, 0.1) is 44.4 Å². The van der Waals surface area contributed by atoms with E-state index >= 15 is 9.59 Å². The molecular weight excluding hydrogens is 778 g/mol. The maximum absolute atomic E-state index is 15.6. The smallest absolute Gasteiger partial charge is 0.301 e. The first kappa shape index (κ1) is 37.6. The number of imide groups is 2.